The van der Waals surface area contributed by atoms with E-state index in [1.807, 2.05) is 24.5 Å². The standard InChI is InChI=1S/C32H24N4Si/c1-5-13-25(14-6-1)31-29(21-33-23-35-31)37(27-17-9-3-10-18-27,28-19-11-4-12-20-28)30-22-34-24-36-32(30)26-15-7-2-8-16-26/h1-24H. The number of aromatic nitrogens is 4. The molecule has 0 unspecified atom stereocenters. The van der Waals surface area contributed by atoms with Gasteiger partial charge in [0, 0.05) is 23.5 Å². The lowest BCUT2D eigenvalue weighted by Gasteiger charge is -2.35. The molecule has 4 nitrogen and oxygen atoms in total. The van der Waals surface area contributed by atoms with Crippen molar-refractivity contribution in [2.75, 3.05) is 0 Å². The molecule has 0 spiro atoms. The van der Waals surface area contributed by atoms with Gasteiger partial charge in [-0.2, -0.15) is 0 Å². The number of nitrogens with zero attached hydrogens (tertiary/aromatic N) is 4. The lowest BCUT2D eigenvalue weighted by atomic mass is 10.1. The topological polar surface area (TPSA) is 51.6 Å². The third-order valence-electron chi connectivity index (χ3n) is 6.74. The highest BCUT2D eigenvalue weighted by Crippen LogP contribution is 2.22. The fourth-order valence-electron chi connectivity index (χ4n) is 5.17. The molecule has 0 aliphatic heterocycles. The van der Waals surface area contributed by atoms with Crippen molar-refractivity contribution < 1.29 is 0 Å². The predicted octanol–water partition coefficient (Wildman–Crippen LogP) is 3.98. The first kappa shape index (κ1) is 22.7. The molecule has 0 saturated carbocycles. The third-order valence-corrected chi connectivity index (χ3v) is 11.5. The summed E-state index contributed by atoms with van der Waals surface area (Å²) >= 11 is 0. The number of hydrogen-bond donors (Lipinski definition) is 0. The Bertz CT molecular complexity index is 1480. The van der Waals surface area contributed by atoms with E-state index in [0.717, 1.165) is 32.9 Å². The van der Waals surface area contributed by atoms with Crippen LogP contribution in [0.4, 0.5) is 0 Å². The minimum Gasteiger partial charge on any atom is -0.245 e. The second-order valence-corrected chi connectivity index (χ2v) is 12.5. The van der Waals surface area contributed by atoms with Gasteiger partial charge in [-0.05, 0) is 20.7 Å². The molecule has 5 heteroatoms. The van der Waals surface area contributed by atoms with Gasteiger partial charge >= 0.3 is 0 Å². The van der Waals surface area contributed by atoms with Crippen LogP contribution in [0.1, 0.15) is 0 Å². The Morgan fingerprint density at radius 3 is 1.14 bits per heavy atom. The summed E-state index contributed by atoms with van der Waals surface area (Å²) < 4.78 is 0. The van der Waals surface area contributed by atoms with Gasteiger partial charge in [0.25, 0.3) is 0 Å². The van der Waals surface area contributed by atoms with Crippen LogP contribution >= 0.6 is 0 Å². The summed E-state index contributed by atoms with van der Waals surface area (Å²) in [5.74, 6) is 0. The van der Waals surface area contributed by atoms with Crippen LogP contribution in [0.2, 0.25) is 0 Å². The zero-order chi connectivity index (χ0) is 24.9. The van der Waals surface area contributed by atoms with Crippen LogP contribution in [0.15, 0.2) is 146 Å². The van der Waals surface area contributed by atoms with E-state index < -0.39 is 8.07 Å². The maximum absolute atomic E-state index is 4.88. The molecule has 2 aromatic heterocycles. The minimum atomic E-state index is -3.00. The van der Waals surface area contributed by atoms with Crippen molar-refractivity contribution in [3.05, 3.63) is 146 Å². The molecule has 0 fully saturated rings. The SMILES string of the molecule is c1ccc(-c2ncncc2[Si](c2ccccc2)(c2ccccc2)c2cncnc2-c2ccccc2)cc1. The normalized spacial score (nSPS) is 11.2. The molecule has 4 aromatic carbocycles. The zero-order valence-corrected chi connectivity index (χ0v) is 21.1. The predicted molar refractivity (Wildman–Crippen MR) is 152 cm³/mol. The summed E-state index contributed by atoms with van der Waals surface area (Å²) in [5, 5.41) is 4.65. The van der Waals surface area contributed by atoms with Crippen molar-refractivity contribution in [1.29, 1.82) is 0 Å². The molecule has 2 heterocycles. The van der Waals surface area contributed by atoms with Gasteiger partial charge in [-0.3, -0.25) is 0 Å². The second-order valence-electron chi connectivity index (χ2n) is 8.78. The first-order valence-electron chi connectivity index (χ1n) is 12.2. The highest BCUT2D eigenvalue weighted by molar-refractivity contribution is 7.20. The molecule has 0 amide bonds. The van der Waals surface area contributed by atoms with Gasteiger partial charge in [0.15, 0.2) is 8.07 Å². The van der Waals surface area contributed by atoms with E-state index in [-0.39, 0.29) is 0 Å². The van der Waals surface area contributed by atoms with Crippen LogP contribution in [-0.2, 0) is 0 Å². The molecular formula is C32H24N4Si. The molecule has 0 bridgehead atoms. The quantitative estimate of drug-likeness (QED) is 0.330. The summed E-state index contributed by atoms with van der Waals surface area (Å²) in [5.41, 5.74) is 3.97. The van der Waals surface area contributed by atoms with Crippen LogP contribution in [0.3, 0.4) is 0 Å². The fraction of sp³-hybridized carbons (Fsp3) is 0. The summed E-state index contributed by atoms with van der Waals surface area (Å²) in [4.78, 5) is 19.0. The second kappa shape index (κ2) is 10.1. The van der Waals surface area contributed by atoms with Gasteiger partial charge in [-0.25, -0.2) is 19.9 Å². The summed E-state index contributed by atoms with van der Waals surface area (Å²) in [6, 6.07) is 42.2. The number of benzene rings is 4. The van der Waals surface area contributed by atoms with Crippen LogP contribution in [0.25, 0.3) is 22.5 Å². The average molecular weight is 493 g/mol. The van der Waals surface area contributed by atoms with Crippen molar-refractivity contribution in [3.63, 3.8) is 0 Å². The lowest BCUT2D eigenvalue weighted by molar-refractivity contribution is 1.18. The Hall–Kier alpha value is -4.74. The average Bonchev–Trinajstić information content (AvgIpc) is 3.00. The zero-order valence-electron chi connectivity index (χ0n) is 20.1. The Labute approximate surface area is 217 Å². The molecule has 176 valence electrons. The summed E-state index contributed by atoms with van der Waals surface area (Å²) in [6.07, 6.45) is 7.29. The monoisotopic (exact) mass is 492 g/mol. The van der Waals surface area contributed by atoms with Crippen LogP contribution in [-0.4, -0.2) is 28.0 Å². The summed E-state index contributed by atoms with van der Waals surface area (Å²) in [6.45, 7) is 0. The number of rotatable bonds is 6. The van der Waals surface area contributed by atoms with Crippen LogP contribution in [0, 0.1) is 0 Å². The summed E-state index contributed by atoms with van der Waals surface area (Å²) in [7, 11) is -3.00. The van der Waals surface area contributed by atoms with E-state index in [9.17, 15) is 0 Å². The van der Waals surface area contributed by atoms with Gasteiger partial charge < -0.3 is 0 Å². The van der Waals surface area contributed by atoms with Crippen LogP contribution in [0.5, 0.6) is 0 Å². The Kier molecular flexibility index (Phi) is 6.19. The third kappa shape index (κ3) is 4.05. The molecule has 0 N–H and O–H groups in total. The van der Waals surface area contributed by atoms with Crippen molar-refractivity contribution in [1.82, 2.24) is 19.9 Å². The highest BCUT2D eigenvalue weighted by Gasteiger charge is 2.46. The molecule has 37 heavy (non-hydrogen) atoms. The lowest BCUT2D eigenvalue weighted by Crippen LogP contribution is -2.75. The van der Waals surface area contributed by atoms with E-state index in [0.29, 0.717) is 0 Å². The maximum Gasteiger partial charge on any atom is 0.188 e. The Morgan fingerprint density at radius 2 is 0.757 bits per heavy atom. The Morgan fingerprint density at radius 1 is 0.405 bits per heavy atom. The largest absolute Gasteiger partial charge is 0.245 e. The van der Waals surface area contributed by atoms with Gasteiger partial charge in [0.1, 0.15) is 12.7 Å². The molecule has 6 aromatic rings. The molecule has 0 atom stereocenters. The fourth-order valence-corrected chi connectivity index (χ4v) is 10.1. The van der Waals surface area contributed by atoms with E-state index in [1.54, 1.807) is 12.7 Å². The molecule has 0 aliphatic carbocycles. The van der Waals surface area contributed by atoms with Gasteiger partial charge in [-0.1, -0.05) is 121 Å². The van der Waals surface area contributed by atoms with Crippen LogP contribution < -0.4 is 20.7 Å². The van der Waals surface area contributed by atoms with E-state index in [2.05, 4.69) is 119 Å². The van der Waals surface area contributed by atoms with Crippen molar-refractivity contribution in [2.45, 2.75) is 0 Å². The van der Waals surface area contributed by atoms with E-state index in [1.165, 1.54) is 10.4 Å². The molecule has 0 radical (unpaired) electrons. The first-order chi connectivity index (χ1) is 18.4. The van der Waals surface area contributed by atoms with Gasteiger partial charge in [0.05, 0.1) is 11.4 Å². The van der Waals surface area contributed by atoms with E-state index in [4.69, 9.17) is 9.97 Å². The molecule has 0 saturated heterocycles. The smallest absolute Gasteiger partial charge is 0.188 e. The maximum atomic E-state index is 4.88. The first-order valence-corrected chi connectivity index (χ1v) is 14.2. The van der Waals surface area contributed by atoms with Crippen molar-refractivity contribution in [3.8, 4) is 22.5 Å². The number of hydrogen-bond acceptors (Lipinski definition) is 4. The molecule has 0 aliphatic rings. The van der Waals surface area contributed by atoms with Gasteiger partial charge in [0.2, 0.25) is 0 Å². The van der Waals surface area contributed by atoms with Gasteiger partial charge in [-0.15, -0.1) is 0 Å². The highest BCUT2D eigenvalue weighted by atomic mass is 28.3. The molecular weight excluding hydrogens is 468 g/mol. The van der Waals surface area contributed by atoms with Crippen molar-refractivity contribution in [2.24, 2.45) is 0 Å². The minimum absolute atomic E-state index is 0.929. The van der Waals surface area contributed by atoms with Crippen molar-refractivity contribution >= 4 is 28.8 Å². The Balaban J connectivity index is 1.80. The molecule has 6 rings (SSSR count). The van der Waals surface area contributed by atoms with E-state index >= 15 is 0 Å².